The van der Waals surface area contributed by atoms with E-state index >= 15 is 0 Å². The van der Waals surface area contributed by atoms with Crippen LogP contribution in [0.4, 0.5) is 10.1 Å². The Morgan fingerprint density at radius 1 is 1.41 bits per heavy atom. The molecule has 0 radical (unpaired) electrons. The van der Waals surface area contributed by atoms with Crippen molar-refractivity contribution in [3.8, 4) is 0 Å². The third-order valence-electron chi connectivity index (χ3n) is 2.71. The van der Waals surface area contributed by atoms with Crippen molar-refractivity contribution in [2.24, 2.45) is 0 Å². The van der Waals surface area contributed by atoms with E-state index in [0.29, 0.717) is 10.2 Å². The van der Waals surface area contributed by atoms with Crippen molar-refractivity contribution in [1.29, 1.82) is 0 Å². The van der Waals surface area contributed by atoms with E-state index in [1.54, 1.807) is 27.0 Å². The van der Waals surface area contributed by atoms with Crippen molar-refractivity contribution in [3.05, 3.63) is 28.0 Å². The summed E-state index contributed by atoms with van der Waals surface area (Å²) in [6, 6.07) is 2.94. The molecule has 1 rings (SSSR count). The zero-order valence-corrected chi connectivity index (χ0v) is 11.9. The van der Waals surface area contributed by atoms with Crippen LogP contribution in [-0.4, -0.2) is 18.5 Å². The van der Waals surface area contributed by atoms with Crippen LogP contribution in [0.2, 0.25) is 0 Å². The fourth-order valence-electron chi connectivity index (χ4n) is 1.17. The summed E-state index contributed by atoms with van der Waals surface area (Å²) in [5.74, 6) is -0.599. The largest absolute Gasteiger partial charge is 0.324 e. The van der Waals surface area contributed by atoms with Crippen LogP contribution < -0.4 is 10.6 Å². The molecule has 0 spiro atoms. The Balaban J connectivity index is 2.97. The van der Waals surface area contributed by atoms with E-state index in [-0.39, 0.29) is 5.91 Å². The van der Waals surface area contributed by atoms with Gasteiger partial charge in [-0.05, 0) is 61.4 Å². The number of amides is 1. The van der Waals surface area contributed by atoms with Crippen molar-refractivity contribution >= 4 is 27.5 Å². The molecule has 0 aliphatic rings. The molecule has 0 aliphatic carbocycles. The van der Waals surface area contributed by atoms with Crippen LogP contribution in [0.5, 0.6) is 0 Å². The Bertz CT molecular complexity index is 446. The third kappa shape index (κ3) is 3.26. The van der Waals surface area contributed by atoms with Crippen LogP contribution in [0, 0.1) is 12.7 Å². The molecule has 1 aromatic rings. The van der Waals surface area contributed by atoms with Gasteiger partial charge in [0.05, 0.1) is 10.0 Å². The number of anilines is 1. The number of benzene rings is 1. The highest BCUT2D eigenvalue weighted by atomic mass is 79.9. The van der Waals surface area contributed by atoms with Crippen molar-refractivity contribution in [2.75, 3.05) is 12.4 Å². The van der Waals surface area contributed by atoms with Crippen LogP contribution in [0.25, 0.3) is 0 Å². The molecule has 5 heteroatoms. The molecule has 0 atom stereocenters. The molecule has 2 N–H and O–H groups in total. The third-order valence-corrected chi connectivity index (χ3v) is 3.32. The Morgan fingerprint density at radius 3 is 2.53 bits per heavy atom. The number of carbonyl (C=O) groups excluding carboxylic acids is 1. The molecule has 0 saturated heterocycles. The van der Waals surface area contributed by atoms with Crippen LogP contribution in [0.3, 0.4) is 0 Å². The van der Waals surface area contributed by atoms with Crippen LogP contribution in [-0.2, 0) is 4.79 Å². The molecule has 3 nitrogen and oxygen atoms in total. The average Bonchev–Trinajstić information content (AvgIpc) is 2.25. The Hall–Kier alpha value is -0.940. The maximum absolute atomic E-state index is 13.4. The fraction of sp³-hybridized carbons (Fsp3) is 0.417. The van der Waals surface area contributed by atoms with E-state index in [2.05, 4.69) is 26.6 Å². The topological polar surface area (TPSA) is 41.1 Å². The molecule has 0 unspecified atom stereocenters. The van der Waals surface area contributed by atoms with Crippen molar-refractivity contribution in [2.45, 2.75) is 26.3 Å². The van der Waals surface area contributed by atoms with E-state index in [4.69, 9.17) is 0 Å². The number of hydrogen-bond acceptors (Lipinski definition) is 2. The smallest absolute Gasteiger partial charge is 0.244 e. The molecule has 0 fully saturated rings. The van der Waals surface area contributed by atoms with Crippen molar-refractivity contribution < 1.29 is 9.18 Å². The molecule has 0 saturated carbocycles. The van der Waals surface area contributed by atoms with E-state index in [0.717, 1.165) is 5.56 Å². The Kier molecular flexibility index (Phi) is 4.27. The van der Waals surface area contributed by atoms with Gasteiger partial charge in [0.1, 0.15) is 5.82 Å². The van der Waals surface area contributed by atoms with Gasteiger partial charge < -0.3 is 10.6 Å². The second-order valence-electron chi connectivity index (χ2n) is 4.41. The molecule has 0 aromatic heterocycles. The zero-order chi connectivity index (χ0) is 13.2. The first kappa shape index (κ1) is 14.1. The lowest BCUT2D eigenvalue weighted by atomic mass is 10.0. The number of halogens is 2. The lowest BCUT2D eigenvalue weighted by Crippen LogP contribution is -2.48. The summed E-state index contributed by atoms with van der Waals surface area (Å²) in [5.41, 5.74) is 0.591. The van der Waals surface area contributed by atoms with E-state index in [1.807, 2.05) is 6.92 Å². The van der Waals surface area contributed by atoms with E-state index in [9.17, 15) is 9.18 Å². The van der Waals surface area contributed by atoms with E-state index < -0.39 is 11.4 Å². The second-order valence-corrected chi connectivity index (χ2v) is 5.26. The highest BCUT2D eigenvalue weighted by Gasteiger charge is 2.25. The van der Waals surface area contributed by atoms with Crippen LogP contribution >= 0.6 is 15.9 Å². The van der Waals surface area contributed by atoms with Gasteiger partial charge in [-0.3, -0.25) is 4.79 Å². The lowest BCUT2D eigenvalue weighted by molar-refractivity contribution is -0.121. The molecule has 0 bridgehead atoms. The maximum atomic E-state index is 13.4. The highest BCUT2D eigenvalue weighted by molar-refractivity contribution is 9.10. The number of nitrogens with one attached hydrogen (secondary N) is 2. The summed E-state index contributed by atoms with van der Waals surface area (Å²) in [6.07, 6.45) is 0. The number of rotatable bonds is 3. The van der Waals surface area contributed by atoms with Gasteiger partial charge in [-0.1, -0.05) is 0 Å². The molecule has 17 heavy (non-hydrogen) atoms. The summed E-state index contributed by atoms with van der Waals surface area (Å²) in [6.45, 7) is 5.33. The van der Waals surface area contributed by atoms with Gasteiger partial charge in [0.15, 0.2) is 0 Å². The molecular weight excluding hydrogens is 287 g/mol. The highest BCUT2D eigenvalue weighted by Crippen LogP contribution is 2.24. The van der Waals surface area contributed by atoms with Gasteiger partial charge >= 0.3 is 0 Å². The van der Waals surface area contributed by atoms with Gasteiger partial charge in [0.25, 0.3) is 0 Å². The molecule has 1 aromatic carbocycles. The summed E-state index contributed by atoms with van der Waals surface area (Å²) in [4.78, 5) is 11.9. The fourth-order valence-corrected chi connectivity index (χ4v) is 1.63. The minimum atomic E-state index is -0.698. The van der Waals surface area contributed by atoms with Gasteiger partial charge in [-0.15, -0.1) is 0 Å². The van der Waals surface area contributed by atoms with Gasteiger partial charge in [0.2, 0.25) is 5.91 Å². The van der Waals surface area contributed by atoms with Crippen molar-refractivity contribution in [1.82, 2.24) is 5.32 Å². The average molecular weight is 303 g/mol. The van der Waals surface area contributed by atoms with Gasteiger partial charge in [-0.25, -0.2) is 4.39 Å². The lowest BCUT2D eigenvalue weighted by Gasteiger charge is -2.23. The normalized spacial score (nSPS) is 11.4. The standard InChI is InChI=1S/C12H16BrFN2O/c1-7-5-8(13)9(14)6-10(7)16-11(17)12(2,3)15-4/h5-6,15H,1-4H3,(H,16,17). The Labute approximate surface area is 109 Å². The molecular formula is C12H16BrFN2O. The number of hydrogen-bond donors (Lipinski definition) is 2. The van der Waals surface area contributed by atoms with Crippen molar-refractivity contribution in [3.63, 3.8) is 0 Å². The number of likely N-dealkylation sites (N-methyl/N-ethyl adjacent to an activating group) is 1. The molecule has 1 amide bonds. The minimum Gasteiger partial charge on any atom is -0.324 e. The van der Waals surface area contributed by atoms with Gasteiger partial charge in [0, 0.05) is 5.69 Å². The van der Waals surface area contributed by atoms with Crippen LogP contribution in [0.15, 0.2) is 16.6 Å². The Morgan fingerprint density at radius 2 is 2.00 bits per heavy atom. The maximum Gasteiger partial charge on any atom is 0.244 e. The first-order chi connectivity index (χ1) is 7.77. The number of aryl methyl sites for hydroxylation is 1. The SMILES string of the molecule is CNC(C)(C)C(=O)Nc1cc(F)c(Br)cc1C. The summed E-state index contributed by atoms with van der Waals surface area (Å²) >= 11 is 3.10. The number of carbonyl (C=O) groups is 1. The monoisotopic (exact) mass is 302 g/mol. The molecule has 0 heterocycles. The quantitative estimate of drug-likeness (QED) is 0.901. The zero-order valence-electron chi connectivity index (χ0n) is 10.3. The predicted molar refractivity (Wildman–Crippen MR) is 70.6 cm³/mol. The first-order valence-electron chi connectivity index (χ1n) is 5.24. The van der Waals surface area contributed by atoms with Crippen LogP contribution in [0.1, 0.15) is 19.4 Å². The minimum absolute atomic E-state index is 0.204. The first-order valence-corrected chi connectivity index (χ1v) is 6.03. The predicted octanol–water partition coefficient (Wildman–Crippen LogP) is 2.83. The summed E-state index contributed by atoms with van der Waals surface area (Å²) in [7, 11) is 1.70. The summed E-state index contributed by atoms with van der Waals surface area (Å²) in [5, 5.41) is 5.60. The summed E-state index contributed by atoms with van der Waals surface area (Å²) < 4.78 is 13.8. The second kappa shape index (κ2) is 5.14. The molecule has 94 valence electrons. The van der Waals surface area contributed by atoms with Gasteiger partial charge in [-0.2, -0.15) is 0 Å². The molecule has 0 aliphatic heterocycles. The van der Waals surface area contributed by atoms with E-state index in [1.165, 1.54) is 6.07 Å².